The molecule has 0 aliphatic carbocycles. The summed E-state index contributed by atoms with van der Waals surface area (Å²) in [7, 11) is 0. The average molecular weight is 283 g/mol. The van der Waals surface area contributed by atoms with Gasteiger partial charge in [0.25, 0.3) is 5.91 Å². The quantitative estimate of drug-likeness (QED) is 0.888. The molecule has 4 heteroatoms. The first-order chi connectivity index (χ1) is 10.1. The molecule has 3 rings (SSSR count). The molecule has 1 atom stereocenters. The summed E-state index contributed by atoms with van der Waals surface area (Å²) in [6, 6.07) is 14.3. The van der Waals surface area contributed by atoms with Crippen LogP contribution < -0.4 is 0 Å². The second-order valence-electron chi connectivity index (χ2n) is 5.32. The number of nitrogens with zero attached hydrogens (tertiary/aromatic N) is 1. The maximum Gasteiger partial charge on any atom is 0.253 e. The standard InChI is InChI=1S/C17H17NO3/c19-15-7-5-13(6-8-15)12-1-3-14(4-2-12)17(21)18-10-9-16(20)11-18/h1-8,16,19-20H,9-11H2. The molecule has 1 saturated heterocycles. The highest BCUT2D eigenvalue weighted by Gasteiger charge is 2.25. The third-order valence-electron chi connectivity index (χ3n) is 3.78. The zero-order chi connectivity index (χ0) is 14.8. The van der Waals surface area contributed by atoms with E-state index >= 15 is 0 Å². The van der Waals surface area contributed by atoms with E-state index < -0.39 is 6.10 Å². The van der Waals surface area contributed by atoms with Crippen LogP contribution in [0.2, 0.25) is 0 Å². The summed E-state index contributed by atoms with van der Waals surface area (Å²) in [4.78, 5) is 13.9. The third kappa shape index (κ3) is 2.90. The number of benzene rings is 2. The number of hydrogen-bond acceptors (Lipinski definition) is 3. The van der Waals surface area contributed by atoms with Gasteiger partial charge < -0.3 is 15.1 Å². The van der Waals surface area contributed by atoms with E-state index in [-0.39, 0.29) is 11.7 Å². The lowest BCUT2D eigenvalue weighted by Gasteiger charge is -2.15. The molecule has 21 heavy (non-hydrogen) atoms. The van der Waals surface area contributed by atoms with Crippen LogP contribution in [0.1, 0.15) is 16.8 Å². The van der Waals surface area contributed by atoms with Crippen molar-refractivity contribution in [2.45, 2.75) is 12.5 Å². The first kappa shape index (κ1) is 13.6. The highest BCUT2D eigenvalue weighted by Crippen LogP contribution is 2.23. The fourth-order valence-electron chi connectivity index (χ4n) is 2.57. The molecule has 4 nitrogen and oxygen atoms in total. The number of carbonyl (C=O) groups is 1. The Morgan fingerprint density at radius 2 is 1.57 bits per heavy atom. The van der Waals surface area contributed by atoms with Gasteiger partial charge in [0, 0.05) is 18.7 Å². The molecule has 0 spiro atoms. The lowest BCUT2D eigenvalue weighted by molar-refractivity contribution is 0.0765. The van der Waals surface area contributed by atoms with Crippen LogP contribution in [0, 0.1) is 0 Å². The average Bonchev–Trinajstić information content (AvgIpc) is 2.94. The van der Waals surface area contributed by atoms with Gasteiger partial charge in [0.15, 0.2) is 0 Å². The van der Waals surface area contributed by atoms with Crippen LogP contribution in [-0.2, 0) is 0 Å². The van der Waals surface area contributed by atoms with Crippen molar-refractivity contribution in [3.8, 4) is 16.9 Å². The molecule has 1 unspecified atom stereocenters. The van der Waals surface area contributed by atoms with Crippen molar-refractivity contribution in [2.24, 2.45) is 0 Å². The predicted molar refractivity (Wildman–Crippen MR) is 80.1 cm³/mol. The zero-order valence-corrected chi connectivity index (χ0v) is 11.6. The summed E-state index contributed by atoms with van der Waals surface area (Å²) in [5.74, 6) is 0.196. The molecule has 1 fully saturated rings. The number of rotatable bonds is 2. The maximum absolute atomic E-state index is 12.3. The van der Waals surface area contributed by atoms with E-state index in [0.717, 1.165) is 11.1 Å². The largest absolute Gasteiger partial charge is 0.508 e. The summed E-state index contributed by atoms with van der Waals surface area (Å²) in [5, 5.41) is 18.8. The van der Waals surface area contributed by atoms with Crippen molar-refractivity contribution in [3.05, 3.63) is 54.1 Å². The Hall–Kier alpha value is -2.33. The molecule has 2 aromatic rings. The minimum atomic E-state index is -0.398. The van der Waals surface area contributed by atoms with Crippen molar-refractivity contribution in [1.82, 2.24) is 4.90 Å². The van der Waals surface area contributed by atoms with Crippen LogP contribution in [-0.4, -0.2) is 40.2 Å². The number of aliphatic hydroxyl groups excluding tert-OH is 1. The number of aliphatic hydroxyl groups is 1. The number of aromatic hydroxyl groups is 1. The second kappa shape index (κ2) is 5.58. The van der Waals surface area contributed by atoms with Gasteiger partial charge >= 0.3 is 0 Å². The molecule has 0 aromatic heterocycles. The third-order valence-corrected chi connectivity index (χ3v) is 3.78. The van der Waals surface area contributed by atoms with Crippen LogP contribution in [0.4, 0.5) is 0 Å². The summed E-state index contributed by atoms with van der Waals surface area (Å²) in [5.41, 5.74) is 2.61. The van der Waals surface area contributed by atoms with Gasteiger partial charge in [-0.2, -0.15) is 0 Å². The first-order valence-electron chi connectivity index (χ1n) is 7.00. The van der Waals surface area contributed by atoms with E-state index in [2.05, 4.69) is 0 Å². The fraction of sp³-hybridized carbons (Fsp3) is 0.235. The summed E-state index contributed by atoms with van der Waals surface area (Å²) in [6.07, 6.45) is 0.252. The van der Waals surface area contributed by atoms with Crippen molar-refractivity contribution in [3.63, 3.8) is 0 Å². The highest BCUT2D eigenvalue weighted by molar-refractivity contribution is 5.95. The molecule has 1 heterocycles. The van der Waals surface area contributed by atoms with Crippen molar-refractivity contribution >= 4 is 5.91 Å². The molecule has 2 aromatic carbocycles. The Morgan fingerprint density at radius 1 is 1.00 bits per heavy atom. The normalized spacial score (nSPS) is 18.0. The maximum atomic E-state index is 12.3. The van der Waals surface area contributed by atoms with Crippen LogP contribution in [0.25, 0.3) is 11.1 Å². The van der Waals surface area contributed by atoms with Gasteiger partial charge in [-0.05, 0) is 41.8 Å². The Balaban J connectivity index is 1.77. The molecule has 0 bridgehead atoms. The van der Waals surface area contributed by atoms with Gasteiger partial charge in [0.1, 0.15) is 5.75 Å². The Labute approximate surface area is 123 Å². The van der Waals surface area contributed by atoms with E-state index in [1.54, 1.807) is 29.2 Å². The van der Waals surface area contributed by atoms with E-state index in [1.807, 2.05) is 24.3 Å². The van der Waals surface area contributed by atoms with Gasteiger partial charge in [-0.15, -0.1) is 0 Å². The topological polar surface area (TPSA) is 60.8 Å². The number of hydrogen-bond donors (Lipinski definition) is 2. The van der Waals surface area contributed by atoms with Crippen molar-refractivity contribution in [1.29, 1.82) is 0 Å². The minimum absolute atomic E-state index is 0.0381. The number of β-amino-alcohol motifs (C(OH)–C–C–N with tert-alkyl or cyclic N) is 1. The summed E-state index contributed by atoms with van der Waals surface area (Å²) in [6.45, 7) is 1.03. The second-order valence-corrected chi connectivity index (χ2v) is 5.32. The molecule has 108 valence electrons. The first-order valence-corrected chi connectivity index (χ1v) is 7.00. The van der Waals surface area contributed by atoms with E-state index in [9.17, 15) is 15.0 Å². The van der Waals surface area contributed by atoms with Crippen molar-refractivity contribution in [2.75, 3.05) is 13.1 Å². The highest BCUT2D eigenvalue weighted by atomic mass is 16.3. The monoisotopic (exact) mass is 283 g/mol. The summed E-state index contributed by atoms with van der Waals surface area (Å²) < 4.78 is 0. The SMILES string of the molecule is O=C(c1ccc(-c2ccc(O)cc2)cc1)N1CCC(O)C1. The van der Waals surface area contributed by atoms with Crippen LogP contribution >= 0.6 is 0 Å². The molecule has 0 saturated carbocycles. The molecule has 0 radical (unpaired) electrons. The smallest absolute Gasteiger partial charge is 0.253 e. The van der Waals surface area contributed by atoms with E-state index in [0.29, 0.717) is 25.1 Å². The Kier molecular flexibility index (Phi) is 3.62. The molecular formula is C17H17NO3. The van der Waals surface area contributed by atoms with Crippen LogP contribution in [0.3, 0.4) is 0 Å². The Morgan fingerprint density at radius 3 is 2.10 bits per heavy atom. The van der Waals surface area contributed by atoms with Gasteiger partial charge in [0.2, 0.25) is 0 Å². The fourth-order valence-corrected chi connectivity index (χ4v) is 2.57. The number of likely N-dealkylation sites (tertiary alicyclic amines) is 1. The Bertz CT molecular complexity index is 634. The summed E-state index contributed by atoms with van der Waals surface area (Å²) >= 11 is 0. The molecule has 1 aliphatic heterocycles. The van der Waals surface area contributed by atoms with E-state index in [1.165, 1.54) is 0 Å². The lowest BCUT2D eigenvalue weighted by Crippen LogP contribution is -2.29. The minimum Gasteiger partial charge on any atom is -0.508 e. The lowest BCUT2D eigenvalue weighted by atomic mass is 10.0. The number of phenolic OH excluding ortho intramolecular Hbond substituents is 1. The van der Waals surface area contributed by atoms with Crippen molar-refractivity contribution < 1.29 is 15.0 Å². The van der Waals surface area contributed by atoms with Gasteiger partial charge in [-0.25, -0.2) is 0 Å². The molecule has 1 aliphatic rings. The number of phenols is 1. The number of carbonyl (C=O) groups excluding carboxylic acids is 1. The zero-order valence-electron chi connectivity index (χ0n) is 11.6. The molecular weight excluding hydrogens is 266 g/mol. The van der Waals surface area contributed by atoms with Gasteiger partial charge in [0.05, 0.1) is 6.10 Å². The molecule has 2 N–H and O–H groups in total. The van der Waals surface area contributed by atoms with Crippen LogP contribution in [0.5, 0.6) is 5.75 Å². The van der Waals surface area contributed by atoms with Gasteiger partial charge in [-0.3, -0.25) is 4.79 Å². The molecule has 1 amide bonds. The van der Waals surface area contributed by atoms with Crippen LogP contribution in [0.15, 0.2) is 48.5 Å². The van der Waals surface area contributed by atoms with E-state index in [4.69, 9.17) is 0 Å². The number of amides is 1. The van der Waals surface area contributed by atoms with Gasteiger partial charge in [-0.1, -0.05) is 24.3 Å². The predicted octanol–water partition coefficient (Wildman–Crippen LogP) is 2.27.